The summed E-state index contributed by atoms with van der Waals surface area (Å²) >= 11 is 11.7. The van der Waals surface area contributed by atoms with Gasteiger partial charge in [0, 0.05) is 10.6 Å². The van der Waals surface area contributed by atoms with Crippen LogP contribution in [0, 0.1) is 0 Å². The summed E-state index contributed by atoms with van der Waals surface area (Å²) in [4.78, 5) is 13.8. The van der Waals surface area contributed by atoms with E-state index in [1.165, 1.54) is 0 Å². The molecule has 0 aliphatic carbocycles. The highest BCUT2D eigenvalue weighted by atomic mass is 35.5. The van der Waals surface area contributed by atoms with E-state index in [2.05, 4.69) is 0 Å². The van der Waals surface area contributed by atoms with Crippen LogP contribution in [0.15, 0.2) is 18.2 Å². The molecule has 1 atom stereocenters. The summed E-state index contributed by atoms with van der Waals surface area (Å²) in [5, 5.41) is 0.940. The first-order chi connectivity index (χ1) is 6.93. The number of benzene rings is 1. The SMILES string of the molecule is CC(C(=O)c1ccc(Cl)cc1Cl)N(C)C.Cl. The van der Waals surface area contributed by atoms with Gasteiger partial charge in [0.25, 0.3) is 0 Å². The molecule has 0 spiro atoms. The third kappa shape index (κ3) is 3.63. The first-order valence-electron chi connectivity index (χ1n) is 4.59. The van der Waals surface area contributed by atoms with E-state index in [0.29, 0.717) is 15.6 Å². The quantitative estimate of drug-likeness (QED) is 0.790. The molecule has 0 fully saturated rings. The Kier molecular flexibility index (Phi) is 6.34. The molecule has 0 radical (unpaired) electrons. The van der Waals surface area contributed by atoms with E-state index in [4.69, 9.17) is 23.2 Å². The Balaban J connectivity index is 0.00000225. The molecule has 0 aliphatic heterocycles. The van der Waals surface area contributed by atoms with Crippen molar-refractivity contribution in [3.05, 3.63) is 33.8 Å². The summed E-state index contributed by atoms with van der Waals surface area (Å²) in [6.07, 6.45) is 0. The van der Waals surface area contributed by atoms with E-state index in [-0.39, 0.29) is 24.2 Å². The zero-order valence-electron chi connectivity index (χ0n) is 9.33. The third-order valence-electron chi connectivity index (χ3n) is 2.35. The monoisotopic (exact) mass is 281 g/mol. The maximum atomic E-state index is 11.9. The Bertz CT molecular complexity index is 379. The van der Waals surface area contributed by atoms with Crippen molar-refractivity contribution >= 4 is 41.4 Å². The predicted octanol–water partition coefficient (Wildman–Crippen LogP) is 3.55. The van der Waals surface area contributed by atoms with Gasteiger partial charge >= 0.3 is 0 Å². The van der Waals surface area contributed by atoms with E-state index in [9.17, 15) is 4.79 Å². The van der Waals surface area contributed by atoms with E-state index in [0.717, 1.165) is 0 Å². The van der Waals surface area contributed by atoms with E-state index in [1.54, 1.807) is 18.2 Å². The van der Waals surface area contributed by atoms with Crippen LogP contribution in [-0.2, 0) is 0 Å². The van der Waals surface area contributed by atoms with Gasteiger partial charge in [-0.05, 0) is 39.2 Å². The lowest BCUT2D eigenvalue weighted by Gasteiger charge is -2.18. The standard InChI is InChI=1S/C11H13Cl2NO.ClH/c1-7(14(2)3)11(15)9-5-4-8(12)6-10(9)13;/h4-7H,1-3H3;1H. The molecular weight excluding hydrogens is 268 g/mol. The van der Waals surface area contributed by atoms with Crippen LogP contribution in [0.25, 0.3) is 0 Å². The summed E-state index contributed by atoms with van der Waals surface area (Å²) in [7, 11) is 3.71. The Morgan fingerprint density at radius 2 is 1.88 bits per heavy atom. The van der Waals surface area contributed by atoms with Gasteiger partial charge in [0.2, 0.25) is 0 Å². The van der Waals surface area contributed by atoms with Crippen molar-refractivity contribution in [3.63, 3.8) is 0 Å². The number of Topliss-reactive ketones (excluding diaryl/α,β-unsaturated/α-hetero) is 1. The molecule has 1 rings (SSSR count). The number of nitrogens with zero attached hydrogens (tertiary/aromatic N) is 1. The summed E-state index contributed by atoms with van der Waals surface area (Å²) in [5.74, 6) is 0.00154. The summed E-state index contributed by atoms with van der Waals surface area (Å²) < 4.78 is 0. The molecule has 0 aromatic heterocycles. The van der Waals surface area contributed by atoms with Crippen molar-refractivity contribution in [1.82, 2.24) is 4.90 Å². The van der Waals surface area contributed by atoms with E-state index in [1.807, 2.05) is 25.9 Å². The molecule has 16 heavy (non-hydrogen) atoms. The number of ketones is 1. The molecule has 0 heterocycles. The van der Waals surface area contributed by atoms with Crippen LogP contribution < -0.4 is 0 Å². The highest BCUT2D eigenvalue weighted by Gasteiger charge is 2.19. The minimum Gasteiger partial charge on any atom is -0.300 e. The van der Waals surface area contributed by atoms with Crippen molar-refractivity contribution in [1.29, 1.82) is 0 Å². The van der Waals surface area contributed by atoms with Crippen LogP contribution >= 0.6 is 35.6 Å². The van der Waals surface area contributed by atoms with Crippen LogP contribution in [0.3, 0.4) is 0 Å². The Hall–Kier alpha value is -0.280. The zero-order valence-corrected chi connectivity index (χ0v) is 11.7. The fourth-order valence-electron chi connectivity index (χ4n) is 1.15. The number of likely N-dealkylation sites (N-methyl/N-ethyl adjacent to an activating group) is 1. The molecular formula is C11H14Cl3NO. The molecule has 0 saturated heterocycles. The lowest BCUT2D eigenvalue weighted by Crippen LogP contribution is -2.32. The number of carbonyl (C=O) groups is 1. The lowest BCUT2D eigenvalue weighted by molar-refractivity contribution is 0.0891. The smallest absolute Gasteiger partial charge is 0.181 e. The average molecular weight is 283 g/mol. The number of carbonyl (C=O) groups excluding carboxylic acids is 1. The van der Waals surface area contributed by atoms with Crippen molar-refractivity contribution in [2.45, 2.75) is 13.0 Å². The normalized spacial score (nSPS) is 12.1. The second kappa shape index (κ2) is 6.45. The molecule has 90 valence electrons. The largest absolute Gasteiger partial charge is 0.300 e. The van der Waals surface area contributed by atoms with Gasteiger partial charge in [-0.1, -0.05) is 23.2 Å². The van der Waals surface area contributed by atoms with E-state index >= 15 is 0 Å². The van der Waals surface area contributed by atoms with Gasteiger partial charge in [0.1, 0.15) is 0 Å². The molecule has 1 aromatic carbocycles. The maximum absolute atomic E-state index is 11.9. The van der Waals surface area contributed by atoms with Gasteiger partial charge in [-0.2, -0.15) is 0 Å². The topological polar surface area (TPSA) is 20.3 Å². The second-order valence-corrected chi connectivity index (χ2v) is 4.47. The highest BCUT2D eigenvalue weighted by Crippen LogP contribution is 2.22. The van der Waals surface area contributed by atoms with Crippen LogP contribution in [0.4, 0.5) is 0 Å². The first kappa shape index (κ1) is 15.7. The molecule has 0 bridgehead atoms. The number of hydrogen-bond acceptors (Lipinski definition) is 2. The van der Waals surface area contributed by atoms with Gasteiger partial charge < -0.3 is 0 Å². The van der Waals surface area contributed by atoms with Gasteiger partial charge in [0.05, 0.1) is 11.1 Å². The molecule has 0 aliphatic rings. The van der Waals surface area contributed by atoms with Crippen molar-refractivity contribution in [2.75, 3.05) is 14.1 Å². The summed E-state index contributed by atoms with van der Waals surface area (Å²) in [5.41, 5.74) is 0.516. The number of hydrogen-bond donors (Lipinski definition) is 0. The van der Waals surface area contributed by atoms with Crippen LogP contribution in [-0.4, -0.2) is 30.8 Å². The van der Waals surface area contributed by atoms with Gasteiger partial charge in [-0.15, -0.1) is 12.4 Å². The van der Waals surface area contributed by atoms with Crippen LogP contribution in [0.2, 0.25) is 10.0 Å². The van der Waals surface area contributed by atoms with Crippen molar-refractivity contribution in [3.8, 4) is 0 Å². The summed E-state index contributed by atoms with van der Waals surface area (Å²) in [6, 6.07) is 4.72. The molecule has 1 aromatic rings. The molecule has 0 N–H and O–H groups in total. The van der Waals surface area contributed by atoms with Crippen molar-refractivity contribution < 1.29 is 4.79 Å². The van der Waals surface area contributed by atoms with Crippen LogP contribution in [0.5, 0.6) is 0 Å². The van der Waals surface area contributed by atoms with Gasteiger partial charge in [0.15, 0.2) is 5.78 Å². The Labute approximate surface area is 112 Å². The Morgan fingerprint density at radius 3 is 2.31 bits per heavy atom. The van der Waals surface area contributed by atoms with Crippen molar-refractivity contribution in [2.24, 2.45) is 0 Å². The maximum Gasteiger partial charge on any atom is 0.181 e. The fraction of sp³-hybridized carbons (Fsp3) is 0.364. The van der Waals surface area contributed by atoms with E-state index < -0.39 is 0 Å². The zero-order chi connectivity index (χ0) is 11.6. The minimum atomic E-state index is -0.191. The lowest BCUT2D eigenvalue weighted by atomic mass is 10.0. The number of halogens is 3. The number of rotatable bonds is 3. The average Bonchev–Trinajstić information content (AvgIpc) is 2.15. The summed E-state index contributed by atoms with van der Waals surface area (Å²) in [6.45, 7) is 1.84. The first-order valence-corrected chi connectivity index (χ1v) is 5.34. The van der Waals surface area contributed by atoms with Crippen LogP contribution in [0.1, 0.15) is 17.3 Å². The molecule has 5 heteroatoms. The highest BCUT2D eigenvalue weighted by molar-refractivity contribution is 6.37. The molecule has 0 amide bonds. The minimum absolute atomic E-state index is 0. The Morgan fingerprint density at radius 1 is 1.31 bits per heavy atom. The molecule has 1 unspecified atom stereocenters. The molecule has 0 saturated carbocycles. The predicted molar refractivity (Wildman–Crippen MR) is 71.2 cm³/mol. The van der Waals surface area contributed by atoms with Gasteiger partial charge in [-0.25, -0.2) is 0 Å². The third-order valence-corrected chi connectivity index (χ3v) is 2.90. The molecule has 2 nitrogen and oxygen atoms in total. The fourth-order valence-corrected chi connectivity index (χ4v) is 1.65. The van der Waals surface area contributed by atoms with Gasteiger partial charge in [-0.3, -0.25) is 9.69 Å². The second-order valence-electron chi connectivity index (χ2n) is 3.63.